The average molecular weight is 365 g/mol. The number of benzene rings is 1. The van der Waals surface area contributed by atoms with Gasteiger partial charge in [0.05, 0.1) is 5.56 Å². The molecule has 0 saturated carbocycles. The molecular weight excluding hydrogens is 345 g/mol. The summed E-state index contributed by atoms with van der Waals surface area (Å²) in [5.74, 6) is -0.233. The van der Waals surface area contributed by atoms with Gasteiger partial charge in [0.1, 0.15) is 0 Å². The summed E-state index contributed by atoms with van der Waals surface area (Å²) in [7, 11) is 0. The van der Waals surface area contributed by atoms with E-state index in [-0.39, 0.29) is 11.3 Å². The molecule has 5 heteroatoms. The highest BCUT2D eigenvalue weighted by atomic mass is 79.9. The predicted molar refractivity (Wildman–Crippen MR) is 81.5 cm³/mol. The van der Waals surface area contributed by atoms with Gasteiger partial charge in [0, 0.05) is 16.5 Å². The van der Waals surface area contributed by atoms with Crippen LogP contribution in [0.2, 0.25) is 0 Å². The van der Waals surface area contributed by atoms with Crippen molar-refractivity contribution in [3.05, 3.63) is 33.8 Å². The molecule has 0 amide bonds. The maximum absolute atomic E-state index is 12.7. The summed E-state index contributed by atoms with van der Waals surface area (Å²) >= 11 is 3.15. The number of Topliss-reactive ketones (excluding diaryl/α,β-unsaturated/α-hetero) is 1. The monoisotopic (exact) mass is 364 g/mol. The molecule has 0 aromatic heterocycles. The number of unbranched alkanes of at least 4 members (excludes halogenated alkanes) is 5. The molecule has 21 heavy (non-hydrogen) atoms. The molecule has 0 N–H and O–H groups in total. The van der Waals surface area contributed by atoms with Crippen molar-refractivity contribution >= 4 is 21.7 Å². The van der Waals surface area contributed by atoms with Crippen LogP contribution in [0.4, 0.5) is 13.2 Å². The van der Waals surface area contributed by atoms with Crippen molar-refractivity contribution in [1.29, 1.82) is 0 Å². The average Bonchev–Trinajstić information content (AvgIpc) is 2.41. The highest BCUT2D eigenvalue weighted by Crippen LogP contribution is 2.32. The molecule has 0 fully saturated rings. The van der Waals surface area contributed by atoms with E-state index in [9.17, 15) is 18.0 Å². The molecular formula is C16H20BrF3O. The third-order valence-electron chi connectivity index (χ3n) is 3.35. The molecule has 1 rings (SSSR count). The zero-order valence-corrected chi connectivity index (χ0v) is 13.7. The van der Waals surface area contributed by atoms with Gasteiger partial charge in [-0.15, -0.1) is 0 Å². The maximum Gasteiger partial charge on any atom is 0.416 e. The topological polar surface area (TPSA) is 17.1 Å². The Kier molecular flexibility index (Phi) is 7.43. The summed E-state index contributed by atoms with van der Waals surface area (Å²) < 4.78 is 38.4. The molecule has 0 unspecified atom stereocenters. The van der Waals surface area contributed by atoms with Gasteiger partial charge >= 0.3 is 6.18 Å². The number of carbonyl (C=O) groups is 1. The zero-order valence-electron chi connectivity index (χ0n) is 12.1. The van der Waals surface area contributed by atoms with E-state index >= 15 is 0 Å². The van der Waals surface area contributed by atoms with E-state index in [1.807, 2.05) is 0 Å². The van der Waals surface area contributed by atoms with Gasteiger partial charge in [0.15, 0.2) is 5.78 Å². The molecule has 0 bridgehead atoms. The standard InChI is InChI=1S/C16H20BrF3O/c1-2-3-4-5-6-7-8-15(21)13-11-12(16(18,19)20)9-10-14(13)17/h9-11H,2-8H2,1H3. The minimum Gasteiger partial charge on any atom is -0.294 e. The fraction of sp³-hybridized carbons (Fsp3) is 0.562. The lowest BCUT2D eigenvalue weighted by molar-refractivity contribution is -0.137. The van der Waals surface area contributed by atoms with E-state index < -0.39 is 11.7 Å². The van der Waals surface area contributed by atoms with Crippen molar-refractivity contribution in [2.75, 3.05) is 0 Å². The van der Waals surface area contributed by atoms with Crippen molar-refractivity contribution in [3.8, 4) is 0 Å². The van der Waals surface area contributed by atoms with E-state index in [0.29, 0.717) is 10.9 Å². The molecule has 0 aliphatic rings. The van der Waals surface area contributed by atoms with Crippen LogP contribution < -0.4 is 0 Å². The van der Waals surface area contributed by atoms with Crippen LogP contribution in [-0.2, 0) is 6.18 Å². The van der Waals surface area contributed by atoms with Gasteiger partial charge in [0.2, 0.25) is 0 Å². The van der Waals surface area contributed by atoms with Crippen molar-refractivity contribution in [1.82, 2.24) is 0 Å². The summed E-state index contributed by atoms with van der Waals surface area (Å²) in [5, 5.41) is 0. The Balaban J connectivity index is 2.57. The molecule has 0 radical (unpaired) electrons. The lowest BCUT2D eigenvalue weighted by atomic mass is 10.0. The summed E-state index contributed by atoms with van der Waals surface area (Å²) in [5.41, 5.74) is -0.657. The van der Waals surface area contributed by atoms with Crippen molar-refractivity contribution < 1.29 is 18.0 Å². The number of ketones is 1. The van der Waals surface area contributed by atoms with Crippen molar-refractivity contribution in [2.24, 2.45) is 0 Å². The van der Waals surface area contributed by atoms with Gasteiger partial charge in [-0.1, -0.05) is 55.0 Å². The van der Waals surface area contributed by atoms with E-state index in [4.69, 9.17) is 0 Å². The first-order valence-electron chi connectivity index (χ1n) is 7.26. The molecule has 118 valence electrons. The molecule has 1 aromatic carbocycles. The maximum atomic E-state index is 12.7. The van der Waals surface area contributed by atoms with Gasteiger partial charge in [-0.2, -0.15) is 13.2 Å². The van der Waals surface area contributed by atoms with Gasteiger partial charge in [-0.05, 0) is 24.6 Å². The first-order chi connectivity index (χ1) is 9.86. The Morgan fingerprint density at radius 1 is 1.10 bits per heavy atom. The van der Waals surface area contributed by atoms with E-state index in [0.717, 1.165) is 44.2 Å². The summed E-state index contributed by atoms with van der Waals surface area (Å²) in [6.45, 7) is 2.13. The molecule has 1 aromatic rings. The largest absolute Gasteiger partial charge is 0.416 e. The fourth-order valence-electron chi connectivity index (χ4n) is 2.12. The highest BCUT2D eigenvalue weighted by Gasteiger charge is 2.31. The van der Waals surface area contributed by atoms with E-state index in [1.54, 1.807) is 0 Å². The molecule has 0 atom stereocenters. The van der Waals surface area contributed by atoms with Crippen LogP contribution in [0.15, 0.2) is 22.7 Å². The zero-order chi connectivity index (χ0) is 15.9. The molecule has 0 aliphatic heterocycles. The van der Waals surface area contributed by atoms with E-state index in [2.05, 4.69) is 22.9 Å². The van der Waals surface area contributed by atoms with Crippen LogP contribution in [-0.4, -0.2) is 5.78 Å². The SMILES string of the molecule is CCCCCCCCC(=O)c1cc(C(F)(F)F)ccc1Br. The number of alkyl halides is 3. The van der Waals surface area contributed by atoms with Gasteiger partial charge in [-0.25, -0.2) is 0 Å². The van der Waals surface area contributed by atoms with Crippen LogP contribution >= 0.6 is 15.9 Å². The second-order valence-electron chi connectivity index (χ2n) is 5.13. The van der Waals surface area contributed by atoms with Crippen LogP contribution in [0.3, 0.4) is 0 Å². The Morgan fingerprint density at radius 3 is 2.33 bits per heavy atom. The molecule has 0 saturated heterocycles. The molecule has 0 aliphatic carbocycles. The van der Waals surface area contributed by atoms with Crippen LogP contribution in [0.25, 0.3) is 0 Å². The summed E-state index contributed by atoms with van der Waals surface area (Å²) in [6.07, 6.45) is 2.13. The molecule has 0 heterocycles. The van der Waals surface area contributed by atoms with E-state index in [1.165, 1.54) is 12.5 Å². The van der Waals surface area contributed by atoms with Crippen molar-refractivity contribution in [2.45, 2.75) is 58.0 Å². The predicted octanol–water partition coefficient (Wildman–Crippen LogP) is 6.40. The number of halogens is 4. The van der Waals surface area contributed by atoms with Gasteiger partial charge in [-0.3, -0.25) is 4.79 Å². The van der Waals surface area contributed by atoms with Gasteiger partial charge < -0.3 is 0 Å². The molecule has 1 nitrogen and oxygen atoms in total. The quantitative estimate of drug-likeness (QED) is 0.385. The number of rotatable bonds is 8. The van der Waals surface area contributed by atoms with Crippen LogP contribution in [0, 0.1) is 0 Å². The third-order valence-corrected chi connectivity index (χ3v) is 4.04. The molecule has 0 spiro atoms. The minimum atomic E-state index is -4.42. The Labute approximate surface area is 132 Å². The number of carbonyl (C=O) groups excluding carboxylic acids is 1. The normalized spacial score (nSPS) is 11.7. The minimum absolute atomic E-state index is 0.124. The summed E-state index contributed by atoms with van der Waals surface area (Å²) in [4.78, 5) is 12.0. The van der Waals surface area contributed by atoms with Gasteiger partial charge in [0.25, 0.3) is 0 Å². The third kappa shape index (κ3) is 6.20. The van der Waals surface area contributed by atoms with Crippen LogP contribution in [0.5, 0.6) is 0 Å². The Morgan fingerprint density at radius 2 is 1.71 bits per heavy atom. The lowest BCUT2D eigenvalue weighted by Gasteiger charge is -2.10. The van der Waals surface area contributed by atoms with Crippen molar-refractivity contribution in [3.63, 3.8) is 0 Å². The smallest absolute Gasteiger partial charge is 0.294 e. The lowest BCUT2D eigenvalue weighted by Crippen LogP contribution is -2.08. The number of hydrogen-bond donors (Lipinski definition) is 0. The Bertz CT molecular complexity index is 469. The summed E-state index contributed by atoms with van der Waals surface area (Å²) in [6, 6.07) is 3.20. The Hall–Kier alpha value is -0.840. The second-order valence-corrected chi connectivity index (χ2v) is 5.99. The highest BCUT2D eigenvalue weighted by molar-refractivity contribution is 9.10. The number of hydrogen-bond acceptors (Lipinski definition) is 1. The van der Waals surface area contributed by atoms with Crippen LogP contribution in [0.1, 0.15) is 67.8 Å². The first kappa shape index (κ1) is 18.2. The fourth-order valence-corrected chi connectivity index (χ4v) is 2.58. The first-order valence-corrected chi connectivity index (χ1v) is 8.05. The second kappa shape index (κ2) is 8.57.